The number of aryl methyl sites for hydroxylation is 1. The zero-order chi connectivity index (χ0) is 26.5. The van der Waals surface area contributed by atoms with E-state index in [1.165, 1.54) is 4.90 Å². The second kappa shape index (κ2) is 10.9. The number of aromatic nitrogens is 4. The van der Waals surface area contributed by atoms with Gasteiger partial charge in [0.05, 0.1) is 6.04 Å². The molecule has 4 rings (SSSR count). The number of nitrogens with one attached hydrogen (secondary N) is 1. The lowest BCUT2D eigenvalue weighted by Gasteiger charge is -2.21. The number of carbonyl (C=O) groups excluding carboxylic acids is 2. The maximum Gasteiger partial charge on any atom is 0.298 e. The zero-order valence-corrected chi connectivity index (χ0v) is 21.3. The van der Waals surface area contributed by atoms with Gasteiger partial charge < -0.3 is 16.0 Å². The summed E-state index contributed by atoms with van der Waals surface area (Å²) in [6.45, 7) is 5.60. The van der Waals surface area contributed by atoms with Crippen LogP contribution in [0, 0.1) is 11.8 Å². The molecule has 0 fully saturated rings. The van der Waals surface area contributed by atoms with Gasteiger partial charge in [0, 0.05) is 36.8 Å². The lowest BCUT2D eigenvalue weighted by atomic mass is 10.1. The summed E-state index contributed by atoms with van der Waals surface area (Å²) in [7, 11) is 1.68. The van der Waals surface area contributed by atoms with Crippen molar-refractivity contribution >= 4 is 29.0 Å². The minimum Gasteiger partial charge on any atom is -0.382 e. The number of carbonyl (C=O) groups is 2. The molecule has 9 nitrogen and oxygen atoms in total. The number of fused-ring (bicyclic) bond motifs is 1. The van der Waals surface area contributed by atoms with Crippen LogP contribution in [0.25, 0.3) is 16.8 Å². The number of hydrogen-bond donors (Lipinski definition) is 2. The van der Waals surface area contributed by atoms with Crippen LogP contribution in [0.3, 0.4) is 0 Å². The van der Waals surface area contributed by atoms with Crippen LogP contribution < -0.4 is 11.1 Å². The Hall–Kier alpha value is -4.71. The van der Waals surface area contributed by atoms with Crippen LogP contribution in [0.1, 0.15) is 55.0 Å². The maximum absolute atomic E-state index is 12.8. The summed E-state index contributed by atoms with van der Waals surface area (Å²) in [5.41, 5.74) is 9.85. The van der Waals surface area contributed by atoms with E-state index in [9.17, 15) is 9.59 Å². The van der Waals surface area contributed by atoms with Crippen molar-refractivity contribution in [2.45, 2.75) is 39.7 Å². The predicted octanol–water partition coefficient (Wildman–Crippen LogP) is 4.12. The molecule has 0 radical (unpaired) electrons. The second-order valence-electron chi connectivity index (χ2n) is 8.65. The molecule has 1 aromatic carbocycles. The Bertz CT molecular complexity index is 1510. The molecule has 2 amide bonds. The smallest absolute Gasteiger partial charge is 0.298 e. The molecule has 0 aliphatic carbocycles. The largest absolute Gasteiger partial charge is 0.382 e. The highest BCUT2D eigenvalue weighted by Gasteiger charge is 2.24. The van der Waals surface area contributed by atoms with Crippen molar-refractivity contribution in [2.24, 2.45) is 0 Å². The van der Waals surface area contributed by atoms with Gasteiger partial charge in [-0.1, -0.05) is 31.4 Å². The molecule has 3 N–H and O–H groups in total. The summed E-state index contributed by atoms with van der Waals surface area (Å²) in [6, 6.07) is 10.6. The van der Waals surface area contributed by atoms with Gasteiger partial charge in [-0.2, -0.15) is 0 Å². The van der Waals surface area contributed by atoms with Gasteiger partial charge in [-0.25, -0.2) is 15.0 Å². The molecule has 0 aliphatic heterocycles. The van der Waals surface area contributed by atoms with Gasteiger partial charge >= 0.3 is 0 Å². The number of hydrogen-bond acceptors (Lipinski definition) is 6. The fraction of sp³-hybridized carbons (Fsp3) is 0.250. The predicted molar refractivity (Wildman–Crippen MR) is 144 cm³/mol. The van der Waals surface area contributed by atoms with Crippen molar-refractivity contribution in [1.82, 2.24) is 24.3 Å². The van der Waals surface area contributed by atoms with Crippen LogP contribution in [-0.2, 0) is 11.2 Å². The van der Waals surface area contributed by atoms with Gasteiger partial charge in [0.15, 0.2) is 0 Å². The minimum absolute atomic E-state index is 0.255. The third-order valence-corrected chi connectivity index (χ3v) is 6.14. The summed E-state index contributed by atoms with van der Waals surface area (Å²) >= 11 is 0. The van der Waals surface area contributed by atoms with Crippen molar-refractivity contribution < 1.29 is 9.59 Å². The number of nitrogens with zero attached hydrogens (tertiary/aromatic N) is 5. The topological polar surface area (TPSA) is 119 Å². The highest BCUT2D eigenvalue weighted by atomic mass is 16.2. The molecule has 0 bridgehead atoms. The van der Waals surface area contributed by atoms with Crippen molar-refractivity contribution in [3.05, 3.63) is 71.9 Å². The SMILES string of the molecule is CC#CC(=O)N(C)C(C)c1nc(-c2ccc(C(=O)Nc3cc(CCC)ccn3)cc2)c2c(N)nccn12. The second-order valence-corrected chi connectivity index (χ2v) is 8.65. The molecule has 37 heavy (non-hydrogen) atoms. The fourth-order valence-electron chi connectivity index (χ4n) is 4.08. The lowest BCUT2D eigenvalue weighted by Crippen LogP contribution is -2.29. The maximum atomic E-state index is 12.8. The summed E-state index contributed by atoms with van der Waals surface area (Å²) in [5, 5.41) is 2.86. The van der Waals surface area contributed by atoms with Gasteiger partial charge in [-0.05, 0) is 56.0 Å². The van der Waals surface area contributed by atoms with Crippen molar-refractivity contribution in [2.75, 3.05) is 18.1 Å². The number of pyridine rings is 1. The Morgan fingerprint density at radius 2 is 1.92 bits per heavy atom. The standard InChI is InChI=1S/C28H29N7O2/c1-5-7-19-13-14-30-22(17-19)32-28(37)21-11-9-20(10-12-21)24-25-26(29)31-15-16-35(25)27(33-24)18(3)34(4)23(36)8-6-2/h9-18H,5,7H2,1-4H3,(H2,29,31)(H,30,32,37). The first-order valence-electron chi connectivity index (χ1n) is 12.0. The minimum atomic E-state index is -0.377. The quantitative estimate of drug-likeness (QED) is 0.372. The first-order valence-corrected chi connectivity index (χ1v) is 12.0. The number of nitrogen functional groups attached to an aromatic ring is 1. The van der Waals surface area contributed by atoms with E-state index in [2.05, 4.69) is 34.0 Å². The Morgan fingerprint density at radius 3 is 2.62 bits per heavy atom. The number of amides is 2. The molecule has 1 atom stereocenters. The van der Waals surface area contributed by atoms with Gasteiger partial charge in [0.1, 0.15) is 28.7 Å². The Balaban J connectivity index is 1.64. The lowest BCUT2D eigenvalue weighted by molar-refractivity contribution is -0.125. The van der Waals surface area contributed by atoms with E-state index in [4.69, 9.17) is 10.7 Å². The molecule has 0 aliphatic rings. The van der Waals surface area contributed by atoms with E-state index >= 15 is 0 Å². The van der Waals surface area contributed by atoms with Gasteiger partial charge in [-0.3, -0.25) is 14.0 Å². The van der Waals surface area contributed by atoms with E-state index in [1.54, 1.807) is 44.7 Å². The number of imidazole rings is 1. The van der Waals surface area contributed by atoms with E-state index in [0.717, 1.165) is 24.0 Å². The number of anilines is 2. The van der Waals surface area contributed by atoms with Crippen molar-refractivity contribution in [3.8, 4) is 23.1 Å². The molecule has 0 saturated carbocycles. The van der Waals surface area contributed by atoms with Crippen LogP contribution in [-0.4, -0.2) is 43.1 Å². The third-order valence-electron chi connectivity index (χ3n) is 6.14. The van der Waals surface area contributed by atoms with Crippen LogP contribution >= 0.6 is 0 Å². The molecule has 1 unspecified atom stereocenters. The average molecular weight is 496 g/mol. The fourth-order valence-corrected chi connectivity index (χ4v) is 4.08. The molecule has 9 heteroatoms. The van der Waals surface area contributed by atoms with E-state index in [1.807, 2.05) is 35.6 Å². The summed E-state index contributed by atoms with van der Waals surface area (Å²) in [6.07, 6.45) is 6.99. The first kappa shape index (κ1) is 25.4. The van der Waals surface area contributed by atoms with Crippen molar-refractivity contribution in [3.63, 3.8) is 0 Å². The monoisotopic (exact) mass is 495 g/mol. The van der Waals surface area contributed by atoms with Gasteiger partial charge in [0.25, 0.3) is 11.8 Å². The molecule has 0 saturated heterocycles. The average Bonchev–Trinajstić information content (AvgIpc) is 3.29. The van der Waals surface area contributed by atoms with E-state index in [-0.39, 0.29) is 17.9 Å². The third kappa shape index (κ3) is 5.28. The van der Waals surface area contributed by atoms with Crippen LogP contribution in [0.2, 0.25) is 0 Å². The summed E-state index contributed by atoms with van der Waals surface area (Å²) < 4.78 is 1.83. The number of nitrogens with two attached hydrogens (primary N) is 1. The first-order chi connectivity index (χ1) is 17.8. The molecule has 188 valence electrons. The van der Waals surface area contributed by atoms with Crippen LogP contribution in [0.5, 0.6) is 0 Å². The normalized spacial score (nSPS) is 11.5. The molecule has 3 aromatic heterocycles. The Labute approximate surface area is 215 Å². The molecule has 4 aromatic rings. The van der Waals surface area contributed by atoms with Crippen LogP contribution in [0.15, 0.2) is 55.0 Å². The van der Waals surface area contributed by atoms with E-state index < -0.39 is 0 Å². The number of benzene rings is 1. The molecule has 0 spiro atoms. The highest BCUT2D eigenvalue weighted by Crippen LogP contribution is 2.31. The van der Waals surface area contributed by atoms with Gasteiger partial charge in [-0.15, -0.1) is 0 Å². The Morgan fingerprint density at radius 1 is 1.16 bits per heavy atom. The summed E-state index contributed by atoms with van der Waals surface area (Å²) in [5.74, 6) is 6.08. The number of rotatable bonds is 7. The van der Waals surface area contributed by atoms with Gasteiger partial charge in [0.2, 0.25) is 0 Å². The Kier molecular flexibility index (Phi) is 7.49. The molecular formula is C28H29N7O2. The zero-order valence-electron chi connectivity index (χ0n) is 21.3. The summed E-state index contributed by atoms with van der Waals surface area (Å²) in [4.78, 5) is 40.0. The van der Waals surface area contributed by atoms with E-state index in [0.29, 0.717) is 34.2 Å². The molecule has 3 heterocycles. The molecular weight excluding hydrogens is 466 g/mol. The van der Waals surface area contributed by atoms with Crippen molar-refractivity contribution in [1.29, 1.82) is 0 Å². The highest BCUT2D eigenvalue weighted by molar-refractivity contribution is 6.04. The van der Waals surface area contributed by atoms with Crippen LogP contribution in [0.4, 0.5) is 11.6 Å².